The Bertz CT molecular complexity index is 484. The molecular weight excluding hydrogens is 252 g/mol. The molecule has 5 nitrogen and oxygen atoms in total. The summed E-state index contributed by atoms with van der Waals surface area (Å²) in [4.78, 5) is 27.7. The quantitative estimate of drug-likeness (QED) is 0.653. The smallest absolute Gasteiger partial charge is 0.325 e. The summed E-state index contributed by atoms with van der Waals surface area (Å²) in [5, 5.41) is 0. The first kappa shape index (κ1) is 14.4. The van der Waals surface area contributed by atoms with E-state index < -0.39 is 5.97 Å². The number of hydrogen-bond donors (Lipinski definition) is 1. The molecule has 0 atom stereocenters. The van der Waals surface area contributed by atoms with Crippen LogP contribution < -0.4 is 0 Å². The molecule has 98 valence electrons. The number of amides is 1. The van der Waals surface area contributed by atoms with Crippen molar-refractivity contribution in [1.82, 2.24) is 9.88 Å². The molecule has 1 aromatic heterocycles. The predicted octanol–water partition coefficient (Wildman–Crippen LogP) is 1.77. The lowest BCUT2D eigenvalue weighted by Gasteiger charge is -2.19. The van der Waals surface area contributed by atoms with E-state index in [1.807, 2.05) is 0 Å². The number of rotatable bonds is 5. The molecule has 0 aromatic carbocycles. The summed E-state index contributed by atoms with van der Waals surface area (Å²) in [5.74, 6) is -0.689. The van der Waals surface area contributed by atoms with Gasteiger partial charge in [-0.05, 0) is 26.0 Å². The van der Waals surface area contributed by atoms with Crippen molar-refractivity contribution in [1.29, 1.82) is 0 Å². The van der Waals surface area contributed by atoms with Crippen molar-refractivity contribution in [2.24, 2.45) is 0 Å². The number of esters is 1. The second kappa shape index (κ2) is 6.90. The average molecular weight is 268 g/mol. The monoisotopic (exact) mass is 268 g/mol. The van der Waals surface area contributed by atoms with Gasteiger partial charge in [-0.15, -0.1) is 0 Å². The third kappa shape index (κ3) is 3.66. The van der Waals surface area contributed by atoms with Crippen molar-refractivity contribution < 1.29 is 14.3 Å². The molecular formula is C12H16N2O3S. The van der Waals surface area contributed by atoms with Crippen molar-refractivity contribution >= 4 is 24.1 Å². The molecule has 0 aliphatic heterocycles. The van der Waals surface area contributed by atoms with Gasteiger partial charge in [0.25, 0.3) is 5.91 Å². The van der Waals surface area contributed by atoms with Crippen LogP contribution in [0.3, 0.4) is 0 Å². The molecule has 1 heterocycles. The number of hydrogen-bond acceptors (Lipinski definition) is 4. The van der Waals surface area contributed by atoms with Gasteiger partial charge in [0.05, 0.1) is 12.2 Å². The number of carbonyl (C=O) groups excluding carboxylic acids is 2. The number of ether oxygens (including phenoxy) is 1. The Kier molecular flexibility index (Phi) is 5.51. The zero-order chi connectivity index (χ0) is 13.5. The fourth-order valence-electron chi connectivity index (χ4n) is 1.45. The largest absolute Gasteiger partial charge is 0.465 e. The van der Waals surface area contributed by atoms with E-state index >= 15 is 0 Å². The maximum Gasteiger partial charge on any atom is 0.325 e. The maximum absolute atomic E-state index is 12.2. The van der Waals surface area contributed by atoms with Gasteiger partial charge in [-0.3, -0.25) is 9.59 Å². The van der Waals surface area contributed by atoms with Crippen molar-refractivity contribution in [3.63, 3.8) is 0 Å². The molecule has 0 unspecified atom stereocenters. The van der Waals surface area contributed by atoms with Crippen molar-refractivity contribution in [2.45, 2.75) is 13.8 Å². The molecule has 0 saturated carbocycles. The minimum absolute atomic E-state index is 0.0627. The summed E-state index contributed by atoms with van der Waals surface area (Å²) in [6.07, 6.45) is 1.65. The molecule has 0 fully saturated rings. The molecule has 0 bridgehead atoms. The molecule has 1 aromatic rings. The number of pyridine rings is 1. The maximum atomic E-state index is 12.2. The van der Waals surface area contributed by atoms with Crippen molar-refractivity contribution in [3.8, 4) is 0 Å². The van der Waals surface area contributed by atoms with E-state index in [2.05, 4.69) is 4.98 Å². The SMILES string of the molecule is CCOC(=O)CN(CC)C(=O)c1ccc[nH]c1=S. The lowest BCUT2D eigenvalue weighted by atomic mass is 10.2. The number of carbonyl (C=O) groups is 2. The minimum atomic E-state index is -0.418. The highest BCUT2D eigenvalue weighted by atomic mass is 32.1. The van der Waals surface area contributed by atoms with Crippen LogP contribution in [0.5, 0.6) is 0 Å². The number of nitrogens with zero attached hydrogens (tertiary/aromatic N) is 1. The van der Waals surface area contributed by atoms with Crippen LogP contribution in [-0.4, -0.2) is 41.5 Å². The summed E-state index contributed by atoms with van der Waals surface area (Å²) in [7, 11) is 0. The molecule has 1 N–H and O–H groups in total. The van der Waals surface area contributed by atoms with Crippen LogP contribution in [0, 0.1) is 4.64 Å². The van der Waals surface area contributed by atoms with Crippen LogP contribution in [-0.2, 0) is 9.53 Å². The summed E-state index contributed by atoms with van der Waals surface area (Å²) < 4.78 is 5.19. The fraction of sp³-hybridized carbons (Fsp3) is 0.417. The van der Waals surface area contributed by atoms with E-state index in [-0.39, 0.29) is 12.5 Å². The molecule has 0 aliphatic carbocycles. The molecule has 0 spiro atoms. The van der Waals surface area contributed by atoms with E-state index in [0.29, 0.717) is 23.4 Å². The zero-order valence-corrected chi connectivity index (χ0v) is 11.3. The summed E-state index contributed by atoms with van der Waals surface area (Å²) in [6, 6.07) is 3.33. The number of H-pyrrole nitrogens is 1. The topological polar surface area (TPSA) is 62.4 Å². The van der Waals surface area contributed by atoms with E-state index in [1.54, 1.807) is 32.2 Å². The van der Waals surface area contributed by atoms with Gasteiger partial charge < -0.3 is 14.6 Å². The molecule has 0 aliphatic rings. The Balaban J connectivity index is 2.83. The van der Waals surface area contributed by atoms with Crippen molar-refractivity contribution in [2.75, 3.05) is 19.7 Å². The summed E-state index contributed by atoms with van der Waals surface area (Å²) >= 11 is 5.04. The average Bonchev–Trinajstić information content (AvgIpc) is 2.36. The van der Waals surface area contributed by atoms with Gasteiger partial charge in [-0.1, -0.05) is 12.2 Å². The summed E-state index contributed by atoms with van der Waals surface area (Å²) in [5.41, 5.74) is 0.388. The summed E-state index contributed by atoms with van der Waals surface area (Å²) in [6.45, 7) is 4.18. The Hall–Kier alpha value is -1.69. The fourth-order valence-corrected chi connectivity index (χ4v) is 1.67. The van der Waals surface area contributed by atoms with Crippen LogP contribution >= 0.6 is 12.2 Å². The van der Waals surface area contributed by atoms with Crippen LogP contribution in [0.15, 0.2) is 18.3 Å². The Morgan fingerprint density at radius 3 is 2.72 bits per heavy atom. The Morgan fingerprint density at radius 1 is 1.44 bits per heavy atom. The van der Waals surface area contributed by atoms with Gasteiger partial charge in [0.15, 0.2) is 0 Å². The third-order valence-corrected chi connectivity index (χ3v) is 2.68. The predicted molar refractivity (Wildman–Crippen MR) is 69.8 cm³/mol. The molecule has 0 radical (unpaired) electrons. The number of aromatic nitrogens is 1. The number of likely N-dealkylation sites (N-methyl/N-ethyl adjacent to an activating group) is 1. The van der Waals surface area contributed by atoms with Crippen LogP contribution in [0.4, 0.5) is 0 Å². The second-order valence-electron chi connectivity index (χ2n) is 3.54. The standard InChI is InChI=1S/C12H16N2O3S/c1-3-14(8-10(15)17-4-2)12(16)9-6-5-7-13-11(9)18/h5-7H,3-4,8H2,1-2H3,(H,13,18). The van der Waals surface area contributed by atoms with Crippen LogP contribution in [0.1, 0.15) is 24.2 Å². The lowest BCUT2D eigenvalue weighted by molar-refractivity contribution is -0.143. The number of aromatic amines is 1. The highest BCUT2D eigenvalue weighted by molar-refractivity contribution is 7.71. The van der Waals surface area contributed by atoms with E-state index in [1.165, 1.54) is 4.90 Å². The minimum Gasteiger partial charge on any atom is -0.465 e. The molecule has 6 heteroatoms. The van der Waals surface area contributed by atoms with Gasteiger partial charge in [0.2, 0.25) is 0 Å². The second-order valence-corrected chi connectivity index (χ2v) is 3.95. The highest BCUT2D eigenvalue weighted by Crippen LogP contribution is 2.05. The van der Waals surface area contributed by atoms with Crippen LogP contribution in [0.2, 0.25) is 0 Å². The third-order valence-electron chi connectivity index (χ3n) is 2.34. The van der Waals surface area contributed by atoms with Gasteiger partial charge in [0.1, 0.15) is 11.2 Å². The van der Waals surface area contributed by atoms with E-state index in [4.69, 9.17) is 17.0 Å². The van der Waals surface area contributed by atoms with Crippen molar-refractivity contribution in [3.05, 3.63) is 28.5 Å². The Morgan fingerprint density at radius 2 is 2.17 bits per heavy atom. The lowest BCUT2D eigenvalue weighted by Crippen LogP contribution is -2.36. The first-order valence-corrected chi connectivity index (χ1v) is 6.13. The zero-order valence-electron chi connectivity index (χ0n) is 10.4. The van der Waals surface area contributed by atoms with E-state index in [0.717, 1.165) is 0 Å². The molecule has 0 saturated heterocycles. The van der Waals surface area contributed by atoms with Gasteiger partial charge >= 0.3 is 5.97 Å². The van der Waals surface area contributed by atoms with Gasteiger partial charge in [-0.25, -0.2) is 0 Å². The molecule has 1 amide bonds. The van der Waals surface area contributed by atoms with E-state index in [9.17, 15) is 9.59 Å². The molecule has 1 rings (SSSR count). The number of nitrogens with one attached hydrogen (secondary N) is 1. The van der Waals surface area contributed by atoms with Gasteiger partial charge in [0, 0.05) is 12.7 Å². The van der Waals surface area contributed by atoms with Crippen LogP contribution in [0.25, 0.3) is 0 Å². The first-order chi connectivity index (χ1) is 8.60. The molecule has 18 heavy (non-hydrogen) atoms. The normalized spacial score (nSPS) is 9.89. The first-order valence-electron chi connectivity index (χ1n) is 5.72. The Labute approximate surface area is 111 Å². The highest BCUT2D eigenvalue weighted by Gasteiger charge is 2.18. The van der Waals surface area contributed by atoms with Gasteiger partial charge in [-0.2, -0.15) is 0 Å².